The Morgan fingerprint density at radius 2 is 1.95 bits per heavy atom. The van der Waals surface area contributed by atoms with E-state index in [2.05, 4.69) is 44.0 Å². The van der Waals surface area contributed by atoms with Crippen LogP contribution in [0.2, 0.25) is 13.1 Å². The maximum atomic E-state index is 6.02. The van der Waals surface area contributed by atoms with Gasteiger partial charge in [-0.25, -0.2) is 4.99 Å². The number of hydrogen-bond acceptors (Lipinski definition) is 2. The van der Waals surface area contributed by atoms with E-state index in [0.717, 1.165) is 30.4 Å². The van der Waals surface area contributed by atoms with Crippen LogP contribution in [0.5, 0.6) is 5.75 Å². The molecule has 0 spiro atoms. The molecule has 0 unspecified atom stereocenters. The van der Waals surface area contributed by atoms with Crippen LogP contribution in [0, 0.1) is 6.92 Å². The monoisotopic (exact) mass is 275 g/mol. The van der Waals surface area contributed by atoms with Gasteiger partial charge in [-0.05, 0) is 51.4 Å². The minimum Gasteiger partial charge on any atom is -0.541 e. The van der Waals surface area contributed by atoms with Crippen LogP contribution in [0.4, 0.5) is 5.69 Å². The first-order valence-corrected chi connectivity index (χ1v) is 9.36. The minimum atomic E-state index is -0.768. The van der Waals surface area contributed by atoms with E-state index < -0.39 is 9.04 Å². The largest absolute Gasteiger partial charge is 0.541 e. The van der Waals surface area contributed by atoms with Gasteiger partial charge in [0.2, 0.25) is 0 Å². The number of aliphatic imine (C=N–C) groups is 1. The zero-order valence-corrected chi connectivity index (χ0v) is 13.4. The molecule has 0 aromatic heterocycles. The molecule has 1 aromatic carbocycles. The molecule has 3 nitrogen and oxygen atoms in total. The molecule has 0 aliphatic carbocycles. The zero-order valence-electron chi connectivity index (χ0n) is 12.4. The van der Waals surface area contributed by atoms with Gasteiger partial charge in [0.25, 0.3) is 9.04 Å². The average molecular weight is 275 g/mol. The molecule has 0 atom stereocenters. The molecular formula is C15H23N2OSi. The summed E-state index contributed by atoms with van der Waals surface area (Å²) in [6, 6.07) is 6.19. The van der Waals surface area contributed by atoms with Crippen LogP contribution >= 0.6 is 0 Å². The first-order chi connectivity index (χ1) is 9.08. The third-order valence-corrected chi connectivity index (χ3v) is 3.96. The van der Waals surface area contributed by atoms with Gasteiger partial charge < -0.3 is 9.33 Å². The summed E-state index contributed by atoms with van der Waals surface area (Å²) in [6.45, 7) is 10.8. The number of aryl methyl sites for hydroxylation is 1. The summed E-state index contributed by atoms with van der Waals surface area (Å²) in [7, 11) is -0.768. The second-order valence-corrected chi connectivity index (χ2v) is 7.31. The molecule has 1 aliphatic rings. The Morgan fingerprint density at radius 3 is 2.58 bits per heavy atom. The van der Waals surface area contributed by atoms with E-state index >= 15 is 0 Å². The predicted octanol–water partition coefficient (Wildman–Crippen LogP) is 3.77. The van der Waals surface area contributed by atoms with Crippen molar-refractivity contribution in [3.05, 3.63) is 23.8 Å². The highest BCUT2D eigenvalue weighted by atomic mass is 28.3. The SMILES string of the molecule is CC(=Nc1cccc(C)c1O[Si](C)C)N1CCCC1. The lowest BCUT2D eigenvalue weighted by molar-refractivity contribution is 0.516. The number of likely N-dealkylation sites (tertiary alicyclic amines) is 1. The average Bonchev–Trinajstić information content (AvgIpc) is 2.87. The lowest BCUT2D eigenvalue weighted by atomic mass is 10.2. The van der Waals surface area contributed by atoms with E-state index in [0.29, 0.717) is 0 Å². The standard InChI is InChI=1S/C15H23N2OSi/c1-12-8-7-9-14(15(12)18-19(3)4)16-13(2)17-10-5-6-11-17/h7-9H,5-6,10-11H2,1-4H3. The Balaban J connectivity index is 2.28. The smallest absolute Gasteiger partial charge is 0.274 e. The highest BCUT2D eigenvalue weighted by Crippen LogP contribution is 2.32. The Hall–Kier alpha value is -1.29. The number of para-hydroxylation sites is 1. The number of rotatable bonds is 3. The summed E-state index contributed by atoms with van der Waals surface area (Å²) in [6.07, 6.45) is 2.56. The molecule has 2 rings (SSSR count). The quantitative estimate of drug-likeness (QED) is 0.476. The molecule has 1 heterocycles. The molecule has 1 saturated heterocycles. The maximum Gasteiger partial charge on any atom is 0.274 e. The highest BCUT2D eigenvalue weighted by molar-refractivity contribution is 6.49. The summed E-state index contributed by atoms with van der Waals surface area (Å²) in [4.78, 5) is 7.15. The van der Waals surface area contributed by atoms with Gasteiger partial charge >= 0.3 is 0 Å². The van der Waals surface area contributed by atoms with Gasteiger partial charge in [-0.3, -0.25) is 0 Å². The fourth-order valence-corrected chi connectivity index (χ4v) is 3.02. The van der Waals surface area contributed by atoms with E-state index in [-0.39, 0.29) is 0 Å². The third kappa shape index (κ3) is 3.59. The number of nitrogens with zero attached hydrogens (tertiary/aromatic N) is 2. The van der Waals surface area contributed by atoms with Crippen molar-refractivity contribution in [3.63, 3.8) is 0 Å². The fourth-order valence-electron chi connectivity index (χ4n) is 2.35. The second kappa shape index (κ2) is 6.24. The van der Waals surface area contributed by atoms with Crippen molar-refractivity contribution in [3.8, 4) is 5.75 Å². The number of amidine groups is 1. The third-order valence-electron chi connectivity index (χ3n) is 3.34. The van der Waals surface area contributed by atoms with Crippen LogP contribution in [-0.2, 0) is 0 Å². The first kappa shape index (κ1) is 14.1. The molecule has 4 heteroatoms. The molecule has 1 fully saturated rings. The van der Waals surface area contributed by atoms with Crippen molar-refractivity contribution in [1.82, 2.24) is 4.90 Å². The Labute approximate surface area is 118 Å². The number of benzene rings is 1. The fraction of sp³-hybridized carbons (Fsp3) is 0.533. The van der Waals surface area contributed by atoms with Gasteiger partial charge in [0.05, 0.1) is 0 Å². The van der Waals surface area contributed by atoms with Gasteiger partial charge in [-0.15, -0.1) is 0 Å². The van der Waals surface area contributed by atoms with Crippen LogP contribution in [0.15, 0.2) is 23.2 Å². The predicted molar refractivity (Wildman–Crippen MR) is 82.9 cm³/mol. The molecule has 1 aromatic rings. The highest BCUT2D eigenvalue weighted by Gasteiger charge is 2.14. The normalized spacial score (nSPS) is 16.3. The summed E-state index contributed by atoms with van der Waals surface area (Å²) >= 11 is 0. The van der Waals surface area contributed by atoms with Crippen LogP contribution < -0.4 is 4.43 Å². The molecule has 0 amide bonds. The number of hydrogen-bond donors (Lipinski definition) is 0. The van der Waals surface area contributed by atoms with Gasteiger partial charge in [0.15, 0.2) is 0 Å². The molecule has 1 radical (unpaired) electrons. The summed E-state index contributed by atoms with van der Waals surface area (Å²) in [5.41, 5.74) is 2.14. The van der Waals surface area contributed by atoms with Crippen molar-refractivity contribution in [1.29, 1.82) is 0 Å². The van der Waals surface area contributed by atoms with E-state index in [4.69, 9.17) is 9.42 Å². The lowest BCUT2D eigenvalue weighted by Gasteiger charge is -2.18. The molecule has 1 aliphatic heterocycles. The second-order valence-electron chi connectivity index (χ2n) is 5.29. The van der Waals surface area contributed by atoms with E-state index in [1.807, 2.05) is 6.07 Å². The molecule has 0 N–H and O–H groups in total. The maximum absolute atomic E-state index is 6.02. The van der Waals surface area contributed by atoms with Gasteiger partial charge in [-0.1, -0.05) is 12.1 Å². The molecule has 19 heavy (non-hydrogen) atoms. The van der Waals surface area contributed by atoms with Crippen LogP contribution in [0.1, 0.15) is 25.3 Å². The van der Waals surface area contributed by atoms with Crippen LogP contribution in [-0.4, -0.2) is 32.9 Å². The molecule has 0 saturated carbocycles. The lowest BCUT2D eigenvalue weighted by Crippen LogP contribution is -2.24. The van der Waals surface area contributed by atoms with Crippen LogP contribution in [0.3, 0.4) is 0 Å². The molecule has 103 valence electrons. The summed E-state index contributed by atoms with van der Waals surface area (Å²) in [5.74, 6) is 2.06. The van der Waals surface area contributed by atoms with Crippen molar-refractivity contribution >= 4 is 20.6 Å². The first-order valence-electron chi connectivity index (χ1n) is 6.96. The van der Waals surface area contributed by atoms with E-state index in [1.54, 1.807) is 0 Å². The van der Waals surface area contributed by atoms with Gasteiger partial charge in [-0.2, -0.15) is 0 Å². The zero-order chi connectivity index (χ0) is 13.8. The Morgan fingerprint density at radius 1 is 1.26 bits per heavy atom. The Bertz CT molecular complexity index is 465. The van der Waals surface area contributed by atoms with Crippen LogP contribution in [0.25, 0.3) is 0 Å². The van der Waals surface area contributed by atoms with Crippen molar-refractivity contribution in [2.75, 3.05) is 13.1 Å². The topological polar surface area (TPSA) is 24.8 Å². The van der Waals surface area contributed by atoms with Crippen molar-refractivity contribution in [2.24, 2.45) is 4.99 Å². The van der Waals surface area contributed by atoms with Crippen molar-refractivity contribution < 1.29 is 4.43 Å². The summed E-state index contributed by atoms with van der Waals surface area (Å²) < 4.78 is 6.02. The molecule has 0 bridgehead atoms. The minimum absolute atomic E-state index is 0.768. The molecular weight excluding hydrogens is 252 g/mol. The van der Waals surface area contributed by atoms with E-state index in [9.17, 15) is 0 Å². The van der Waals surface area contributed by atoms with E-state index in [1.165, 1.54) is 18.4 Å². The summed E-state index contributed by atoms with van der Waals surface area (Å²) in [5, 5.41) is 0. The van der Waals surface area contributed by atoms with Crippen molar-refractivity contribution in [2.45, 2.75) is 39.8 Å². The Kier molecular flexibility index (Phi) is 4.64. The van der Waals surface area contributed by atoms with Gasteiger partial charge in [0.1, 0.15) is 17.3 Å². The van der Waals surface area contributed by atoms with Gasteiger partial charge in [0, 0.05) is 13.1 Å².